The molecule has 4 unspecified atom stereocenters. The maximum atomic E-state index is 11.6. The number of rotatable bonds is 8. The maximum absolute atomic E-state index is 11.6. The van der Waals surface area contributed by atoms with E-state index in [9.17, 15) is 9.90 Å². The fourth-order valence-corrected chi connectivity index (χ4v) is 1.73. The molecule has 0 bridgehead atoms. The molecule has 4 nitrogen and oxygen atoms in total. The summed E-state index contributed by atoms with van der Waals surface area (Å²) in [5, 5.41) is 9.19. The molecule has 17 heavy (non-hydrogen) atoms. The van der Waals surface area contributed by atoms with Gasteiger partial charge >= 0.3 is 5.97 Å². The highest BCUT2D eigenvalue weighted by atomic mass is 16.5. The van der Waals surface area contributed by atoms with Crippen molar-refractivity contribution in [3.63, 3.8) is 0 Å². The number of aliphatic hydroxyl groups excluding tert-OH is 1. The van der Waals surface area contributed by atoms with Gasteiger partial charge in [0.15, 0.2) is 0 Å². The molecule has 4 atom stereocenters. The first-order chi connectivity index (χ1) is 7.86. The van der Waals surface area contributed by atoms with E-state index >= 15 is 0 Å². The number of hydrogen-bond acceptors (Lipinski definition) is 4. The third kappa shape index (κ3) is 8.16. The van der Waals surface area contributed by atoms with Crippen LogP contribution in [0, 0.1) is 11.8 Å². The molecular formula is C13H27NO3. The third-order valence-corrected chi connectivity index (χ3v) is 2.84. The number of carbonyl (C=O) groups excluding carboxylic acids is 1. The zero-order valence-corrected chi connectivity index (χ0v) is 11.5. The maximum Gasteiger partial charge on any atom is 0.308 e. The van der Waals surface area contributed by atoms with Gasteiger partial charge in [0.25, 0.3) is 0 Å². The monoisotopic (exact) mass is 245 g/mol. The summed E-state index contributed by atoms with van der Waals surface area (Å²) in [5.41, 5.74) is 5.79. The fraction of sp³-hybridized carbons (Fsp3) is 0.923. The lowest BCUT2D eigenvalue weighted by atomic mass is 10.0. The van der Waals surface area contributed by atoms with E-state index in [4.69, 9.17) is 10.5 Å². The summed E-state index contributed by atoms with van der Waals surface area (Å²) in [6.07, 6.45) is 1.83. The Morgan fingerprint density at radius 1 is 1.29 bits per heavy atom. The highest BCUT2D eigenvalue weighted by Gasteiger charge is 2.18. The zero-order valence-electron chi connectivity index (χ0n) is 11.5. The number of hydrogen-bond donors (Lipinski definition) is 2. The summed E-state index contributed by atoms with van der Waals surface area (Å²) >= 11 is 0. The van der Waals surface area contributed by atoms with Crippen molar-refractivity contribution in [3.8, 4) is 0 Å². The van der Waals surface area contributed by atoms with Gasteiger partial charge in [-0.15, -0.1) is 0 Å². The Bertz CT molecular complexity index is 219. The van der Waals surface area contributed by atoms with Gasteiger partial charge in [0.05, 0.1) is 18.6 Å². The van der Waals surface area contributed by atoms with Crippen molar-refractivity contribution < 1.29 is 14.6 Å². The van der Waals surface area contributed by atoms with Gasteiger partial charge in [-0.3, -0.25) is 4.79 Å². The molecule has 0 radical (unpaired) electrons. The molecule has 0 aliphatic rings. The van der Waals surface area contributed by atoms with Gasteiger partial charge in [0.2, 0.25) is 0 Å². The molecule has 0 saturated carbocycles. The zero-order chi connectivity index (χ0) is 13.4. The van der Waals surface area contributed by atoms with E-state index in [0.717, 1.165) is 6.42 Å². The van der Waals surface area contributed by atoms with Crippen LogP contribution >= 0.6 is 0 Å². The lowest BCUT2D eigenvalue weighted by molar-refractivity contribution is -0.149. The molecule has 0 fully saturated rings. The number of ether oxygens (including phenoxy) is 1. The fourth-order valence-electron chi connectivity index (χ4n) is 1.73. The number of nitrogens with two attached hydrogens (primary N) is 1. The van der Waals surface area contributed by atoms with Crippen LogP contribution in [0.3, 0.4) is 0 Å². The van der Waals surface area contributed by atoms with E-state index in [1.54, 1.807) is 6.92 Å². The molecule has 0 aliphatic heterocycles. The van der Waals surface area contributed by atoms with Crippen LogP contribution in [-0.2, 0) is 9.53 Å². The van der Waals surface area contributed by atoms with Crippen LogP contribution in [0.4, 0.5) is 0 Å². The van der Waals surface area contributed by atoms with E-state index in [2.05, 4.69) is 0 Å². The van der Waals surface area contributed by atoms with Gasteiger partial charge < -0.3 is 15.6 Å². The van der Waals surface area contributed by atoms with Crippen molar-refractivity contribution in [1.82, 2.24) is 0 Å². The molecule has 0 spiro atoms. The molecule has 102 valence electrons. The minimum Gasteiger partial charge on any atom is -0.465 e. The van der Waals surface area contributed by atoms with E-state index in [1.807, 2.05) is 20.8 Å². The topological polar surface area (TPSA) is 72.6 Å². The Kier molecular flexibility index (Phi) is 8.17. The van der Waals surface area contributed by atoms with Gasteiger partial charge in [-0.2, -0.15) is 0 Å². The average molecular weight is 245 g/mol. The van der Waals surface area contributed by atoms with Crippen molar-refractivity contribution >= 4 is 5.97 Å². The van der Waals surface area contributed by atoms with Crippen molar-refractivity contribution in [2.45, 2.75) is 59.1 Å². The molecule has 0 saturated heterocycles. The summed E-state index contributed by atoms with van der Waals surface area (Å²) in [4.78, 5) is 11.6. The molecule has 0 aliphatic carbocycles. The van der Waals surface area contributed by atoms with Crippen LogP contribution in [0.1, 0.15) is 47.0 Å². The standard InChI is InChI=1S/C13H27NO3/c1-5-12(14)7-10(3)13(16)17-8-9(2)6-11(4)15/h9-12,15H,5-8,14H2,1-4H3. The summed E-state index contributed by atoms with van der Waals surface area (Å²) in [6.45, 7) is 7.92. The van der Waals surface area contributed by atoms with Crippen LogP contribution in [0.25, 0.3) is 0 Å². The highest BCUT2D eigenvalue weighted by Crippen LogP contribution is 2.11. The van der Waals surface area contributed by atoms with Crippen molar-refractivity contribution in [3.05, 3.63) is 0 Å². The van der Waals surface area contributed by atoms with Crippen molar-refractivity contribution in [2.24, 2.45) is 17.6 Å². The largest absolute Gasteiger partial charge is 0.465 e. The Balaban J connectivity index is 3.84. The Hall–Kier alpha value is -0.610. The molecule has 0 heterocycles. The van der Waals surface area contributed by atoms with Crippen molar-refractivity contribution in [2.75, 3.05) is 6.61 Å². The number of carbonyl (C=O) groups is 1. The van der Waals surface area contributed by atoms with Gasteiger partial charge in [0, 0.05) is 6.04 Å². The van der Waals surface area contributed by atoms with Gasteiger partial charge in [-0.25, -0.2) is 0 Å². The summed E-state index contributed by atoms with van der Waals surface area (Å²) in [7, 11) is 0. The van der Waals surface area contributed by atoms with Crippen LogP contribution < -0.4 is 5.73 Å². The molecule has 4 heteroatoms. The average Bonchev–Trinajstić information content (AvgIpc) is 2.24. The first-order valence-electron chi connectivity index (χ1n) is 6.47. The smallest absolute Gasteiger partial charge is 0.308 e. The normalized spacial score (nSPS) is 18.2. The lowest BCUT2D eigenvalue weighted by Crippen LogP contribution is -2.27. The molecule has 0 aromatic carbocycles. The Morgan fingerprint density at radius 2 is 1.88 bits per heavy atom. The summed E-state index contributed by atoms with van der Waals surface area (Å²) < 4.78 is 5.21. The second-order valence-electron chi connectivity index (χ2n) is 5.13. The first kappa shape index (κ1) is 16.4. The Labute approximate surface area is 105 Å². The third-order valence-electron chi connectivity index (χ3n) is 2.84. The van der Waals surface area contributed by atoms with E-state index in [-0.39, 0.29) is 30.0 Å². The van der Waals surface area contributed by atoms with Crippen LogP contribution in [0.2, 0.25) is 0 Å². The van der Waals surface area contributed by atoms with Gasteiger partial charge in [-0.05, 0) is 32.1 Å². The quantitative estimate of drug-likeness (QED) is 0.638. The second kappa shape index (κ2) is 8.48. The number of aliphatic hydroxyl groups is 1. The molecular weight excluding hydrogens is 218 g/mol. The molecule has 0 rings (SSSR count). The lowest BCUT2D eigenvalue weighted by Gasteiger charge is -2.17. The van der Waals surface area contributed by atoms with Gasteiger partial charge in [0.1, 0.15) is 0 Å². The second-order valence-corrected chi connectivity index (χ2v) is 5.13. The minimum absolute atomic E-state index is 0.0624. The number of esters is 1. The predicted molar refractivity (Wildman–Crippen MR) is 68.5 cm³/mol. The van der Waals surface area contributed by atoms with Crippen LogP contribution in [0.5, 0.6) is 0 Å². The van der Waals surface area contributed by atoms with Crippen LogP contribution in [-0.4, -0.2) is 29.8 Å². The molecule has 0 aromatic heterocycles. The van der Waals surface area contributed by atoms with E-state index in [1.165, 1.54) is 0 Å². The minimum atomic E-state index is -0.352. The molecule has 0 amide bonds. The van der Waals surface area contributed by atoms with Crippen molar-refractivity contribution in [1.29, 1.82) is 0 Å². The molecule has 0 aromatic rings. The molecule has 3 N–H and O–H groups in total. The van der Waals surface area contributed by atoms with E-state index in [0.29, 0.717) is 19.4 Å². The summed E-state index contributed by atoms with van der Waals surface area (Å²) in [5.74, 6) is -0.152. The summed E-state index contributed by atoms with van der Waals surface area (Å²) in [6, 6.07) is 0.0624. The highest BCUT2D eigenvalue weighted by molar-refractivity contribution is 5.72. The predicted octanol–water partition coefficient (Wildman–Crippen LogP) is 1.70. The van der Waals surface area contributed by atoms with Crippen LogP contribution in [0.15, 0.2) is 0 Å². The Morgan fingerprint density at radius 3 is 2.35 bits per heavy atom. The SMILES string of the molecule is CCC(N)CC(C)C(=O)OCC(C)CC(C)O. The van der Waals surface area contributed by atoms with E-state index < -0.39 is 0 Å². The first-order valence-corrected chi connectivity index (χ1v) is 6.47. The van der Waals surface area contributed by atoms with Gasteiger partial charge in [-0.1, -0.05) is 20.8 Å².